The van der Waals surface area contributed by atoms with Crippen LogP contribution >= 0.6 is 11.3 Å². The molecule has 0 bridgehead atoms. The summed E-state index contributed by atoms with van der Waals surface area (Å²) < 4.78 is 1.68. The number of hydrogen-bond donors (Lipinski definition) is 1. The van der Waals surface area contributed by atoms with Gasteiger partial charge >= 0.3 is 0 Å². The van der Waals surface area contributed by atoms with Gasteiger partial charge in [-0.05, 0) is 30.5 Å². The Hall–Kier alpha value is -3.06. The third-order valence-electron chi connectivity index (χ3n) is 4.03. The van der Waals surface area contributed by atoms with E-state index in [9.17, 15) is 4.79 Å². The van der Waals surface area contributed by atoms with E-state index in [2.05, 4.69) is 39.7 Å². The van der Waals surface area contributed by atoms with E-state index in [-0.39, 0.29) is 12.5 Å². The van der Waals surface area contributed by atoms with E-state index in [1.54, 1.807) is 15.9 Å². The van der Waals surface area contributed by atoms with Crippen molar-refractivity contribution < 1.29 is 4.79 Å². The van der Waals surface area contributed by atoms with E-state index in [1.165, 1.54) is 5.56 Å². The molecule has 4 aromatic rings. The number of rotatable bonds is 5. The molecule has 130 valence electrons. The third kappa shape index (κ3) is 3.48. The summed E-state index contributed by atoms with van der Waals surface area (Å²) in [5.74, 6) is 0.562. The number of hydrogen-bond acceptors (Lipinski definition) is 5. The smallest absolute Gasteiger partial charge is 0.225 e. The fourth-order valence-corrected chi connectivity index (χ4v) is 3.34. The molecule has 26 heavy (non-hydrogen) atoms. The van der Waals surface area contributed by atoms with Crippen LogP contribution in [0.15, 0.2) is 53.9 Å². The van der Waals surface area contributed by atoms with Gasteiger partial charge in [-0.3, -0.25) is 4.79 Å². The van der Waals surface area contributed by atoms with Crippen LogP contribution in [0, 0.1) is 6.92 Å². The number of nitrogens with one attached hydrogen (secondary N) is 1. The van der Waals surface area contributed by atoms with Crippen LogP contribution in [0.1, 0.15) is 16.3 Å². The molecular formula is C19H17N5OS. The monoisotopic (exact) mass is 363 g/mol. The lowest BCUT2D eigenvalue weighted by molar-refractivity contribution is -0.120. The molecule has 0 saturated heterocycles. The Balaban J connectivity index is 1.53. The number of benzene rings is 1. The van der Waals surface area contributed by atoms with E-state index >= 15 is 0 Å². The van der Waals surface area contributed by atoms with Crippen LogP contribution < -0.4 is 5.32 Å². The molecule has 3 heterocycles. The highest BCUT2D eigenvalue weighted by atomic mass is 32.1. The lowest BCUT2D eigenvalue weighted by Gasteiger charge is -2.05. The molecule has 6 nitrogen and oxygen atoms in total. The molecule has 0 saturated carbocycles. The number of aromatic nitrogens is 4. The third-order valence-corrected chi connectivity index (χ3v) is 4.91. The van der Waals surface area contributed by atoms with Gasteiger partial charge in [0.15, 0.2) is 11.5 Å². The van der Waals surface area contributed by atoms with Gasteiger partial charge in [-0.15, -0.1) is 21.5 Å². The van der Waals surface area contributed by atoms with Crippen molar-refractivity contribution in [2.75, 3.05) is 0 Å². The van der Waals surface area contributed by atoms with Gasteiger partial charge in [-0.1, -0.05) is 35.9 Å². The maximum absolute atomic E-state index is 12.1. The predicted molar refractivity (Wildman–Crippen MR) is 101 cm³/mol. The van der Waals surface area contributed by atoms with Crippen molar-refractivity contribution in [3.8, 4) is 11.3 Å². The quantitative estimate of drug-likeness (QED) is 0.592. The summed E-state index contributed by atoms with van der Waals surface area (Å²) in [6.45, 7) is 2.34. The summed E-state index contributed by atoms with van der Waals surface area (Å²) in [5.41, 5.74) is 3.72. The molecule has 0 fully saturated rings. The van der Waals surface area contributed by atoms with Crippen molar-refractivity contribution in [1.82, 2.24) is 25.1 Å². The number of thiophene rings is 1. The summed E-state index contributed by atoms with van der Waals surface area (Å²) in [4.78, 5) is 13.1. The largest absolute Gasteiger partial charge is 0.348 e. The highest BCUT2D eigenvalue weighted by Crippen LogP contribution is 2.18. The zero-order chi connectivity index (χ0) is 17.9. The minimum Gasteiger partial charge on any atom is -0.348 e. The Morgan fingerprint density at radius 2 is 1.96 bits per heavy atom. The first kappa shape index (κ1) is 16.4. The van der Waals surface area contributed by atoms with Crippen molar-refractivity contribution in [2.24, 2.45) is 0 Å². The van der Waals surface area contributed by atoms with Gasteiger partial charge in [0.2, 0.25) is 5.91 Å². The molecule has 3 aromatic heterocycles. The maximum atomic E-state index is 12.1. The molecular weight excluding hydrogens is 346 g/mol. The standard InChI is InChI=1S/C19H17N5OS/c1-13-4-6-14(7-5-13)16-8-9-17-21-22-18(24(17)23-16)12-20-19(25)11-15-3-2-10-26-15/h2-10H,11-12H2,1H3,(H,20,25). The SMILES string of the molecule is Cc1ccc(-c2ccc3nnc(CNC(=O)Cc4cccs4)n3n2)cc1. The van der Waals surface area contributed by atoms with Crippen LogP contribution in [0.3, 0.4) is 0 Å². The Morgan fingerprint density at radius 3 is 2.73 bits per heavy atom. The molecule has 0 aliphatic rings. The first-order valence-corrected chi connectivity index (χ1v) is 9.14. The molecule has 1 amide bonds. The number of fused-ring (bicyclic) bond motifs is 1. The van der Waals surface area contributed by atoms with Crippen molar-refractivity contribution >= 4 is 22.9 Å². The fraction of sp³-hybridized carbons (Fsp3) is 0.158. The summed E-state index contributed by atoms with van der Waals surface area (Å²) in [5, 5.41) is 17.8. The first-order valence-electron chi connectivity index (χ1n) is 8.26. The van der Waals surface area contributed by atoms with E-state index in [0.717, 1.165) is 16.1 Å². The highest BCUT2D eigenvalue weighted by molar-refractivity contribution is 7.10. The van der Waals surface area contributed by atoms with Crippen LogP contribution in [-0.2, 0) is 17.8 Å². The average Bonchev–Trinajstić information content (AvgIpc) is 3.30. The van der Waals surface area contributed by atoms with E-state index in [0.29, 0.717) is 17.9 Å². The van der Waals surface area contributed by atoms with Gasteiger partial charge in [0.1, 0.15) is 0 Å². The van der Waals surface area contributed by atoms with Crippen molar-refractivity contribution in [2.45, 2.75) is 19.9 Å². The number of aryl methyl sites for hydroxylation is 1. The molecule has 0 aliphatic carbocycles. The molecule has 0 aliphatic heterocycles. The summed E-state index contributed by atoms with van der Waals surface area (Å²) in [7, 11) is 0. The molecule has 7 heteroatoms. The van der Waals surface area contributed by atoms with Crippen molar-refractivity contribution in [3.63, 3.8) is 0 Å². The van der Waals surface area contributed by atoms with Crippen LogP contribution in [0.4, 0.5) is 0 Å². The number of carbonyl (C=O) groups excluding carboxylic acids is 1. The minimum absolute atomic E-state index is 0.0427. The van der Waals surface area contributed by atoms with Crippen LogP contribution in [0.5, 0.6) is 0 Å². The van der Waals surface area contributed by atoms with E-state index < -0.39 is 0 Å². The van der Waals surface area contributed by atoms with Gasteiger partial charge < -0.3 is 5.32 Å². The Morgan fingerprint density at radius 1 is 1.12 bits per heavy atom. The lowest BCUT2D eigenvalue weighted by Crippen LogP contribution is -2.25. The van der Waals surface area contributed by atoms with Crippen LogP contribution in [0.2, 0.25) is 0 Å². The Bertz CT molecular complexity index is 1040. The van der Waals surface area contributed by atoms with Gasteiger partial charge in [0.25, 0.3) is 0 Å². The maximum Gasteiger partial charge on any atom is 0.225 e. The Kier molecular flexibility index (Phi) is 4.45. The second-order valence-corrected chi connectivity index (χ2v) is 7.04. The lowest BCUT2D eigenvalue weighted by atomic mass is 10.1. The fourth-order valence-electron chi connectivity index (χ4n) is 2.63. The zero-order valence-electron chi connectivity index (χ0n) is 14.2. The predicted octanol–water partition coefficient (Wildman–Crippen LogP) is 3.02. The second kappa shape index (κ2) is 7.05. The van der Waals surface area contributed by atoms with Gasteiger partial charge in [0.05, 0.1) is 18.7 Å². The molecule has 0 spiro atoms. The minimum atomic E-state index is -0.0427. The summed E-state index contributed by atoms with van der Waals surface area (Å²) in [6, 6.07) is 15.9. The Labute approximate surface area is 154 Å². The van der Waals surface area contributed by atoms with Crippen molar-refractivity contribution in [3.05, 3.63) is 70.2 Å². The van der Waals surface area contributed by atoms with E-state index in [1.807, 2.05) is 41.8 Å². The van der Waals surface area contributed by atoms with E-state index in [4.69, 9.17) is 0 Å². The van der Waals surface area contributed by atoms with Crippen LogP contribution in [-0.4, -0.2) is 25.7 Å². The molecule has 0 unspecified atom stereocenters. The average molecular weight is 363 g/mol. The zero-order valence-corrected chi connectivity index (χ0v) is 15.0. The molecule has 0 radical (unpaired) electrons. The number of amides is 1. The molecule has 4 rings (SSSR count). The molecule has 1 N–H and O–H groups in total. The van der Waals surface area contributed by atoms with Crippen molar-refractivity contribution in [1.29, 1.82) is 0 Å². The van der Waals surface area contributed by atoms with Gasteiger partial charge in [-0.25, -0.2) is 0 Å². The molecule has 0 atom stereocenters. The van der Waals surface area contributed by atoms with Gasteiger partial charge in [-0.2, -0.15) is 9.61 Å². The van der Waals surface area contributed by atoms with Crippen LogP contribution in [0.25, 0.3) is 16.9 Å². The summed E-state index contributed by atoms with van der Waals surface area (Å²) >= 11 is 1.57. The number of nitrogens with zero attached hydrogens (tertiary/aromatic N) is 4. The topological polar surface area (TPSA) is 72.2 Å². The first-order chi connectivity index (χ1) is 12.7. The molecule has 1 aromatic carbocycles. The summed E-state index contributed by atoms with van der Waals surface area (Å²) in [6.07, 6.45) is 0.371. The highest BCUT2D eigenvalue weighted by Gasteiger charge is 2.11. The number of carbonyl (C=O) groups is 1. The second-order valence-electron chi connectivity index (χ2n) is 6.00. The normalized spacial score (nSPS) is 11.0. The van der Waals surface area contributed by atoms with Gasteiger partial charge in [0, 0.05) is 10.4 Å².